The monoisotopic (exact) mass is 358 g/mol. The van der Waals surface area contributed by atoms with Gasteiger partial charge in [0.05, 0.1) is 12.2 Å². The summed E-state index contributed by atoms with van der Waals surface area (Å²) in [5, 5.41) is 0. The highest BCUT2D eigenvalue weighted by atomic mass is 16.7. The fourth-order valence-electron chi connectivity index (χ4n) is 8.14. The van der Waals surface area contributed by atoms with Crippen LogP contribution in [0.25, 0.3) is 0 Å². The van der Waals surface area contributed by atoms with E-state index in [-0.39, 0.29) is 6.10 Å². The Morgan fingerprint density at radius 1 is 0.962 bits per heavy atom. The zero-order chi connectivity index (χ0) is 18.0. The molecule has 2 heterocycles. The first-order valence-corrected chi connectivity index (χ1v) is 10.6. The lowest BCUT2D eigenvalue weighted by molar-refractivity contribution is -0.0726. The maximum Gasteiger partial charge on any atom is 0.509 e. The molecule has 4 nitrogen and oxygen atoms in total. The summed E-state index contributed by atoms with van der Waals surface area (Å²) in [5.41, 5.74) is -0.501. The lowest BCUT2D eigenvalue weighted by Crippen LogP contribution is -2.50. The zero-order valence-corrected chi connectivity index (χ0v) is 16.1. The second kappa shape index (κ2) is 4.87. The quantitative estimate of drug-likeness (QED) is 0.524. The van der Waals surface area contributed by atoms with Gasteiger partial charge in [0.25, 0.3) is 0 Å². The fraction of sp³-hybridized carbons (Fsp3) is 0.864. The zero-order valence-electron chi connectivity index (χ0n) is 16.1. The first kappa shape index (κ1) is 16.0. The van der Waals surface area contributed by atoms with E-state index < -0.39 is 11.8 Å². The molecule has 0 aromatic heterocycles. The van der Waals surface area contributed by atoms with Gasteiger partial charge >= 0.3 is 6.16 Å². The van der Waals surface area contributed by atoms with Gasteiger partial charge in [-0.1, -0.05) is 19.1 Å². The number of rotatable bonds is 1. The van der Waals surface area contributed by atoms with Gasteiger partial charge in [-0.15, -0.1) is 0 Å². The Bertz CT molecular complexity index is 678. The van der Waals surface area contributed by atoms with Gasteiger partial charge in [-0.05, 0) is 81.0 Å². The van der Waals surface area contributed by atoms with Crippen LogP contribution in [0.2, 0.25) is 0 Å². The maximum atomic E-state index is 12.3. The number of hydrogen-bond acceptors (Lipinski definition) is 4. The molecule has 6 aliphatic rings. The molecule has 4 heteroatoms. The predicted molar refractivity (Wildman–Crippen MR) is 95.2 cm³/mol. The van der Waals surface area contributed by atoms with Crippen molar-refractivity contribution in [3.63, 3.8) is 0 Å². The Kier molecular flexibility index (Phi) is 2.99. The van der Waals surface area contributed by atoms with E-state index in [1.807, 2.05) is 20.8 Å². The number of fused-ring (bicyclic) bond motifs is 16. The molecular weight excluding hydrogens is 328 g/mol. The summed E-state index contributed by atoms with van der Waals surface area (Å²) < 4.78 is 18.0. The van der Waals surface area contributed by atoms with E-state index in [9.17, 15) is 4.79 Å². The molecule has 5 fully saturated rings. The number of carbonyl (C=O) groups is 1. The first-order valence-electron chi connectivity index (χ1n) is 10.6. The van der Waals surface area contributed by atoms with Crippen molar-refractivity contribution in [1.29, 1.82) is 0 Å². The van der Waals surface area contributed by atoms with Crippen molar-refractivity contribution in [2.24, 2.45) is 53.3 Å². The first-order chi connectivity index (χ1) is 12.3. The van der Waals surface area contributed by atoms with Crippen molar-refractivity contribution in [2.75, 3.05) is 0 Å². The molecule has 142 valence electrons. The van der Waals surface area contributed by atoms with Crippen molar-refractivity contribution >= 4 is 6.16 Å². The molecule has 0 N–H and O–H groups in total. The van der Waals surface area contributed by atoms with Crippen LogP contribution in [-0.4, -0.2) is 30.1 Å². The van der Waals surface area contributed by atoms with Crippen LogP contribution in [0.1, 0.15) is 40.5 Å². The van der Waals surface area contributed by atoms with Crippen molar-refractivity contribution in [3.05, 3.63) is 12.2 Å². The minimum Gasteiger partial charge on any atom is -0.430 e. The van der Waals surface area contributed by atoms with Crippen molar-refractivity contribution in [3.8, 4) is 0 Å². The molecule has 0 aromatic rings. The third kappa shape index (κ3) is 1.87. The second-order valence-corrected chi connectivity index (χ2v) is 10.8. The molecule has 0 amide bonds. The summed E-state index contributed by atoms with van der Waals surface area (Å²) in [6, 6.07) is 0. The average Bonchev–Trinajstić information content (AvgIpc) is 3.33. The molecule has 2 aliphatic heterocycles. The smallest absolute Gasteiger partial charge is 0.430 e. The van der Waals surface area contributed by atoms with E-state index in [0.29, 0.717) is 41.8 Å². The lowest BCUT2D eigenvalue weighted by Gasteiger charge is -2.44. The molecular formula is C22H30O4. The van der Waals surface area contributed by atoms with E-state index in [2.05, 4.69) is 19.1 Å². The Morgan fingerprint density at radius 3 is 2.19 bits per heavy atom. The Morgan fingerprint density at radius 2 is 1.58 bits per heavy atom. The molecule has 3 saturated carbocycles. The van der Waals surface area contributed by atoms with Crippen molar-refractivity contribution in [1.82, 2.24) is 0 Å². The van der Waals surface area contributed by atoms with Crippen LogP contribution >= 0.6 is 0 Å². The summed E-state index contributed by atoms with van der Waals surface area (Å²) >= 11 is 0. The minimum absolute atomic E-state index is 0.00614. The lowest BCUT2D eigenvalue weighted by atomic mass is 9.59. The van der Waals surface area contributed by atoms with E-state index in [1.165, 1.54) is 12.8 Å². The van der Waals surface area contributed by atoms with Crippen molar-refractivity contribution < 1.29 is 19.0 Å². The van der Waals surface area contributed by atoms with Crippen LogP contribution in [0.15, 0.2) is 12.2 Å². The average molecular weight is 358 g/mol. The third-order valence-electron chi connectivity index (χ3n) is 8.63. The SMILES string of the molecule is CC1C2CC(C1OC(=O)OC(C)(C)C)C1C3OC(C4C5C=CC(C5)C34)C21. The predicted octanol–water partition coefficient (Wildman–Crippen LogP) is 4.04. The van der Waals surface area contributed by atoms with Crippen LogP contribution in [0.4, 0.5) is 4.79 Å². The van der Waals surface area contributed by atoms with Gasteiger partial charge in [-0.3, -0.25) is 0 Å². The summed E-state index contributed by atoms with van der Waals surface area (Å²) in [6.07, 6.45) is 7.87. The van der Waals surface area contributed by atoms with Crippen LogP contribution in [0.3, 0.4) is 0 Å². The number of hydrogen-bond donors (Lipinski definition) is 0. The van der Waals surface area contributed by atoms with E-state index >= 15 is 0 Å². The highest BCUT2D eigenvalue weighted by Gasteiger charge is 2.74. The summed E-state index contributed by atoms with van der Waals surface area (Å²) in [5.74, 6) is 5.84. The molecule has 0 spiro atoms. The van der Waals surface area contributed by atoms with Crippen LogP contribution in [0, 0.1) is 53.3 Å². The third-order valence-corrected chi connectivity index (χ3v) is 8.63. The summed E-state index contributed by atoms with van der Waals surface area (Å²) in [7, 11) is 0. The molecule has 2 saturated heterocycles. The standard InChI is InChI=1S/C22H30O4/c1-9-12-8-13(18(9)25-21(23)26-22(2,3)4)17-16(12)19-14-10-5-6-11(7-10)15(14)20(17)24-19/h5-6,9-20H,7-8H2,1-4H3. The number of allylic oxidation sites excluding steroid dienone is 2. The van der Waals surface area contributed by atoms with Gasteiger partial charge in [0.1, 0.15) is 11.7 Å². The molecule has 12 atom stereocenters. The van der Waals surface area contributed by atoms with Gasteiger partial charge < -0.3 is 14.2 Å². The number of ether oxygens (including phenoxy) is 3. The summed E-state index contributed by atoms with van der Waals surface area (Å²) in [6.45, 7) is 7.95. The molecule has 0 aromatic carbocycles. The second-order valence-electron chi connectivity index (χ2n) is 10.8. The van der Waals surface area contributed by atoms with E-state index in [1.54, 1.807) is 0 Å². The minimum atomic E-state index is -0.501. The molecule has 4 aliphatic carbocycles. The van der Waals surface area contributed by atoms with Crippen LogP contribution in [0.5, 0.6) is 0 Å². The largest absolute Gasteiger partial charge is 0.509 e. The maximum absolute atomic E-state index is 12.3. The number of carbonyl (C=O) groups excluding carboxylic acids is 1. The Hall–Kier alpha value is -1.03. The highest BCUT2D eigenvalue weighted by Crippen LogP contribution is 2.71. The van der Waals surface area contributed by atoms with E-state index in [0.717, 1.165) is 23.7 Å². The Labute approximate surface area is 155 Å². The normalized spacial score (nSPS) is 57.5. The molecule has 26 heavy (non-hydrogen) atoms. The van der Waals surface area contributed by atoms with Gasteiger partial charge in [-0.25, -0.2) is 4.79 Å². The van der Waals surface area contributed by atoms with E-state index in [4.69, 9.17) is 14.2 Å². The van der Waals surface area contributed by atoms with Crippen LogP contribution in [-0.2, 0) is 14.2 Å². The molecule has 6 rings (SSSR count). The molecule has 6 bridgehead atoms. The van der Waals surface area contributed by atoms with Gasteiger partial charge in [-0.2, -0.15) is 0 Å². The summed E-state index contributed by atoms with van der Waals surface area (Å²) in [4.78, 5) is 12.3. The van der Waals surface area contributed by atoms with Crippen molar-refractivity contribution in [2.45, 2.75) is 64.4 Å². The van der Waals surface area contributed by atoms with Gasteiger partial charge in [0.2, 0.25) is 0 Å². The topological polar surface area (TPSA) is 44.8 Å². The molecule has 0 radical (unpaired) electrons. The van der Waals surface area contributed by atoms with Gasteiger partial charge in [0, 0.05) is 5.92 Å². The Balaban J connectivity index is 1.25. The van der Waals surface area contributed by atoms with Gasteiger partial charge in [0.15, 0.2) is 0 Å². The van der Waals surface area contributed by atoms with Crippen LogP contribution < -0.4 is 0 Å². The highest BCUT2D eigenvalue weighted by molar-refractivity contribution is 5.61. The fourth-order valence-corrected chi connectivity index (χ4v) is 8.14. The molecule has 12 unspecified atom stereocenters.